The van der Waals surface area contributed by atoms with Gasteiger partial charge in [-0.1, -0.05) is 50.3 Å². The van der Waals surface area contributed by atoms with Crippen LogP contribution < -0.4 is 0 Å². The molecule has 0 unspecified atom stereocenters. The Labute approximate surface area is 92.8 Å². The van der Waals surface area contributed by atoms with Crippen molar-refractivity contribution in [3.63, 3.8) is 0 Å². The molecule has 82 valence electrons. The largest absolute Gasteiger partial charge is 0.373 e. The van der Waals surface area contributed by atoms with E-state index in [4.69, 9.17) is 4.74 Å². The molecule has 0 spiro atoms. The smallest absolute Gasteiger partial charge is 0.0720 e. The molecule has 1 rings (SSSR count). The third kappa shape index (κ3) is 4.30. The first-order chi connectivity index (χ1) is 7.24. The zero-order chi connectivity index (χ0) is 11.1. The molecule has 0 fully saturated rings. The quantitative estimate of drug-likeness (QED) is 0.640. The van der Waals surface area contributed by atoms with Gasteiger partial charge in [-0.15, -0.1) is 6.58 Å². The highest BCUT2D eigenvalue weighted by molar-refractivity contribution is 5.13. The normalized spacial score (nSPS) is 12.7. The highest BCUT2D eigenvalue weighted by Crippen LogP contribution is 2.13. The molecule has 1 aromatic carbocycles. The minimum absolute atomic E-state index is 0.280. The number of hydrogen-bond donors (Lipinski definition) is 0. The lowest BCUT2D eigenvalue weighted by Gasteiger charge is -2.20. The number of hydrogen-bond acceptors (Lipinski definition) is 1. The van der Waals surface area contributed by atoms with Crippen molar-refractivity contribution in [2.24, 2.45) is 5.92 Å². The van der Waals surface area contributed by atoms with Gasteiger partial charge in [-0.25, -0.2) is 0 Å². The minimum atomic E-state index is 0.280. The molecular formula is C14H20O. The van der Waals surface area contributed by atoms with Crippen molar-refractivity contribution in [3.05, 3.63) is 48.6 Å². The number of rotatable bonds is 6. The molecule has 0 amide bonds. The van der Waals surface area contributed by atoms with Crippen LogP contribution >= 0.6 is 0 Å². The second kappa shape index (κ2) is 6.41. The van der Waals surface area contributed by atoms with Crippen molar-refractivity contribution in [1.82, 2.24) is 0 Å². The van der Waals surface area contributed by atoms with Gasteiger partial charge in [0.15, 0.2) is 0 Å². The van der Waals surface area contributed by atoms with Gasteiger partial charge >= 0.3 is 0 Å². The molecule has 0 aromatic heterocycles. The van der Waals surface area contributed by atoms with Crippen LogP contribution in [-0.2, 0) is 11.3 Å². The van der Waals surface area contributed by atoms with Crippen LogP contribution in [0.3, 0.4) is 0 Å². The van der Waals surface area contributed by atoms with Crippen molar-refractivity contribution in [2.75, 3.05) is 0 Å². The van der Waals surface area contributed by atoms with E-state index in [0.29, 0.717) is 12.5 Å². The van der Waals surface area contributed by atoms with Crippen molar-refractivity contribution in [3.8, 4) is 0 Å². The van der Waals surface area contributed by atoms with E-state index < -0.39 is 0 Å². The molecule has 0 heterocycles. The van der Waals surface area contributed by atoms with Gasteiger partial charge < -0.3 is 4.74 Å². The number of benzene rings is 1. The summed E-state index contributed by atoms with van der Waals surface area (Å²) in [4.78, 5) is 0. The van der Waals surface area contributed by atoms with E-state index in [1.165, 1.54) is 5.56 Å². The third-order valence-corrected chi connectivity index (χ3v) is 2.45. The number of ether oxygens (including phenoxy) is 1. The first-order valence-electron chi connectivity index (χ1n) is 5.50. The molecule has 0 N–H and O–H groups in total. The molecule has 0 radical (unpaired) electrons. The highest BCUT2D eigenvalue weighted by Gasteiger charge is 2.11. The molecule has 15 heavy (non-hydrogen) atoms. The highest BCUT2D eigenvalue weighted by atomic mass is 16.5. The van der Waals surface area contributed by atoms with E-state index in [2.05, 4.69) is 32.6 Å². The molecule has 1 aromatic rings. The van der Waals surface area contributed by atoms with Crippen molar-refractivity contribution >= 4 is 0 Å². The van der Waals surface area contributed by atoms with Gasteiger partial charge in [-0.2, -0.15) is 0 Å². The van der Waals surface area contributed by atoms with Crippen molar-refractivity contribution in [2.45, 2.75) is 33.0 Å². The van der Waals surface area contributed by atoms with Crippen molar-refractivity contribution < 1.29 is 4.74 Å². The third-order valence-electron chi connectivity index (χ3n) is 2.45. The monoisotopic (exact) mass is 204 g/mol. The predicted octanol–water partition coefficient (Wildman–Crippen LogP) is 3.80. The molecule has 0 saturated carbocycles. The van der Waals surface area contributed by atoms with E-state index in [0.717, 1.165) is 6.42 Å². The van der Waals surface area contributed by atoms with Gasteiger partial charge in [-0.05, 0) is 17.9 Å². The maximum atomic E-state index is 5.86. The fourth-order valence-electron chi connectivity index (χ4n) is 1.47. The first kappa shape index (κ1) is 12.0. The summed E-state index contributed by atoms with van der Waals surface area (Å²) in [5.41, 5.74) is 1.23. The van der Waals surface area contributed by atoms with Gasteiger partial charge in [0.1, 0.15) is 0 Å². The van der Waals surface area contributed by atoms with Crippen LogP contribution in [0, 0.1) is 5.92 Å². The molecule has 1 nitrogen and oxygen atoms in total. The average Bonchev–Trinajstić information content (AvgIpc) is 2.25. The van der Waals surface area contributed by atoms with Crippen LogP contribution in [-0.4, -0.2) is 6.10 Å². The summed E-state index contributed by atoms with van der Waals surface area (Å²) in [5.74, 6) is 0.534. The molecule has 0 aliphatic carbocycles. The SMILES string of the molecule is C=CC[C@@H](OCc1ccccc1)C(C)C. The van der Waals surface area contributed by atoms with Gasteiger partial charge in [0.05, 0.1) is 12.7 Å². The van der Waals surface area contributed by atoms with Crippen LogP contribution in [0.1, 0.15) is 25.8 Å². The topological polar surface area (TPSA) is 9.23 Å². The second-order valence-corrected chi connectivity index (χ2v) is 4.10. The van der Waals surface area contributed by atoms with Gasteiger partial charge in [0, 0.05) is 0 Å². The Kier molecular flexibility index (Phi) is 5.13. The lowest BCUT2D eigenvalue weighted by molar-refractivity contribution is 0.0129. The van der Waals surface area contributed by atoms with E-state index in [1.54, 1.807) is 0 Å². The summed E-state index contributed by atoms with van der Waals surface area (Å²) >= 11 is 0. The van der Waals surface area contributed by atoms with Gasteiger partial charge in [0.2, 0.25) is 0 Å². The second-order valence-electron chi connectivity index (χ2n) is 4.10. The maximum absolute atomic E-state index is 5.86. The molecule has 0 aliphatic heterocycles. The van der Waals surface area contributed by atoms with Crippen molar-refractivity contribution in [1.29, 1.82) is 0 Å². The zero-order valence-electron chi connectivity index (χ0n) is 9.65. The molecular weight excluding hydrogens is 184 g/mol. The molecule has 1 heteroatoms. The lowest BCUT2D eigenvalue weighted by Crippen LogP contribution is -2.18. The van der Waals surface area contributed by atoms with E-state index in [9.17, 15) is 0 Å². The van der Waals surface area contributed by atoms with Gasteiger partial charge in [0.25, 0.3) is 0 Å². The predicted molar refractivity (Wildman–Crippen MR) is 64.7 cm³/mol. The molecule has 0 saturated heterocycles. The summed E-state index contributed by atoms with van der Waals surface area (Å²) in [5, 5.41) is 0. The minimum Gasteiger partial charge on any atom is -0.373 e. The van der Waals surface area contributed by atoms with Gasteiger partial charge in [-0.3, -0.25) is 0 Å². The summed E-state index contributed by atoms with van der Waals surface area (Å²) in [6.07, 6.45) is 3.13. The summed E-state index contributed by atoms with van der Waals surface area (Å²) < 4.78 is 5.86. The van der Waals surface area contributed by atoms with Crippen LogP contribution in [0.25, 0.3) is 0 Å². The summed E-state index contributed by atoms with van der Waals surface area (Å²) in [6.45, 7) is 8.81. The molecule has 0 aliphatic rings. The Morgan fingerprint density at radius 2 is 1.93 bits per heavy atom. The van der Waals surface area contributed by atoms with Crippen LogP contribution in [0.4, 0.5) is 0 Å². The van der Waals surface area contributed by atoms with E-state index in [-0.39, 0.29) is 6.10 Å². The maximum Gasteiger partial charge on any atom is 0.0720 e. The molecule has 1 atom stereocenters. The molecule has 0 bridgehead atoms. The Hall–Kier alpha value is -1.08. The fraction of sp³-hybridized carbons (Fsp3) is 0.429. The Balaban J connectivity index is 2.43. The van der Waals surface area contributed by atoms with Crippen LogP contribution in [0.5, 0.6) is 0 Å². The summed E-state index contributed by atoms with van der Waals surface area (Å²) in [6, 6.07) is 10.3. The standard InChI is InChI=1S/C14H20O/c1-4-8-14(12(2)3)15-11-13-9-6-5-7-10-13/h4-7,9-10,12,14H,1,8,11H2,2-3H3/t14-/m1/s1. The average molecular weight is 204 g/mol. The Bertz CT molecular complexity index is 277. The lowest BCUT2D eigenvalue weighted by atomic mass is 10.0. The van der Waals surface area contributed by atoms with E-state index in [1.807, 2.05) is 24.3 Å². The van der Waals surface area contributed by atoms with Crippen LogP contribution in [0.2, 0.25) is 0 Å². The van der Waals surface area contributed by atoms with E-state index >= 15 is 0 Å². The fourth-order valence-corrected chi connectivity index (χ4v) is 1.47. The zero-order valence-corrected chi connectivity index (χ0v) is 9.65. The van der Waals surface area contributed by atoms with Crippen LogP contribution in [0.15, 0.2) is 43.0 Å². The Morgan fingerprint density at radius 1 is 1.27 bits per heavy atom. The Morgan fingerprint density at radius 3 is 2.47 bits per heavy atom. The first-order valence-corrected chi connectivity index (χ1v) is 5.50. The summed E-state index contributed by atoms with van der Waals surface area (Å²) in [7, 11) is 0.